The van der Waals surface area contributed by atoms with Crippen molar-refractivity contribution in [2.45, 2.75) is 38.4 Å². The van der Waals surface area contributed by atoms with E-state index in [1.165, 1.54) is 6.08 Å². The quantitative estimate of drug-likeness (QED) is 0.592. The molecule has 0 heterocycles. The molecule has 0 aromatic carbocycles. The van der Waals surface area contributed by atoms with Crippen LogP contribution < -0.4 is 0 Å². The van der Waals surface area contributed by atoms with Crippen molar-refractivity contribution >= 4 is 5.78 Å². The summed E-state index contributed by atoms with van der Waals surface area (Å²) in [6, 6.07) is 0. The van der Waals surface area contributed by atoms with Crippen LogP contribution in [-0.4, -0.2) is 38.4 Å². The Bertz CT molecular complexity index is 637. The number of hydrogen-bond donors (Lipinski definition) is 4. The topological polar surface area (TPSA) is 98.0 Å². The van der Waals surface area contributed by atoms with Gasteiger partial charge in [0.05, 0.1) is 18.1 Å². The van der Waals surface area contributed by atoms with Crippen molar-refractivity contribution in [3.8, 4) is 0 Å². The zero-order valence-corrected chi connectivity index (χ0v) is 12.4. The van der Waals surface area contributed by atoms with Crippen LogP contribution >= 0.6 is 0 Å². The smallest absolute Gasteiger partial charge is 0.169 e. The number of aliphatic hydroxyl groups is 4. The second-order valence-corrected chi connectivity index (χ2v) is 6.33. The van der Waals surface area contributed by atoms with E-state index >= 15 is 0 Å². The first-order valence-corrected chi connectivity index (χ1v) is 7.49. The molecule has 0 aliphatic heterocycles. The lowest BCUT2D eigenvalue weighted by Gasteiger charge is -2.37. The Kier molecular flexibility index (Phi) is 3.70. The average molecular weight is 304 g/mol. The Balaban J connectivity index is 1.92. The summed E-state index contributed by atoms with van der Waals surface area (Å²) < 4.78 is 0. The van der Waals surface area contributed by atoms with E-state index in [2.05, 4.69) is 0 Å². The predicted molar refractivity (Wildman–Crippen MR) is 80.1 cm³/mol. The highest BCUT2D eigenvalue weighted by molar-refractivity contribution is 6.03. The first-order chi connectivity index (χ1) is 10.4. The zero-order chi connectivity index (χ0) is 16.0. The number of allylic oxidation sites excluding steroid dienone is 4. The maximum absolute atomic E-state index is 12.8. The molecule has 0 saturated heterocycles. The van der Waals surface area contributed by atoms with Gasteiger partial charge in [-0.1, -0.05) is 11.6 Å². The molecule has 0 radical (unpaired) electrons. The van der Waals surface area contributed by atoms with Gasteiger partial charge in [-0.3, -0.25) is 4.79 Å². The molecule has 4 atom stereocenters. The summed E-state index contributed by atoms with van der Waals surface area (Å²) in [4.78, 5) is 12.8. The molecule has 3 aliphatic carbocycles. The van der Waals surface area contributed by atoms with Crippen molar-refractivity contribution < 1.29 is 25.2 Å². The molecular formula is C17H20O5. The fourth-order valence-corrected chi connectivity index (χ4v) is 3.66. The first kappa shape index (κ1) is 15.1. The molecule has 0 spiro atoms. The fourth-order valence-electron chi connectivity index (χ4n) is 3.66. The molecule has 118 valence electrons. The monoisotopic (exact) mass is 304 g/mol. The molecule has 0 bridgehead atoms. The summed E-state index contributed by atoms with van der Waals surface area (Å²) in [5, 5.41) is 39.4. The maximum Gasteiger partial charge on any atom is 0.169 e. The summed E-state index contributed by atoms with van der Waals surface area (Å²) in [5.74, 6) is -1.59. The third-order valence-corrected chi connectivity index (χ3v) is 4.80. The second-order valence-electron chi connectivity index (χ2n) is 6.33. The average Bonchev–Trinajstić information content (AvgIpc) is 2.44. The number of ketones is 1. The lowest BCUT2D eigenvalue weighted by atomic mass is 9.68. The van der Waals surface area contributed by atoms with Gasteiger partial charge in [0, 0.05) is 12.0 Å². The van der Waals surface area contributed by atoms with E-state index in [0.29, 0.717) is 18.4 Å². The lowest BCUT2D eigenvalue weighted by molar-refractivity contribution is -0.125. The highest BCUT2D eigenvalue weighted by atomic mass is 16.3. The molecule has 0 amide bonds. The maximum atomic E-state index is 12.8. The third-order valence-electron chi connectivity index (χ3n) is 4.80. The van der Waals surface area contributed by atoms with Gasteiger partial charge in [0.15, 0.2) is 11.5 Å². The SMILES string of the molecule is CC1=C2CC(O)C(C3C=CC(O)=C(O)C3)C(=O)C2=CC(O)C1. The molecule has 5 nitrogen and oxygen atoms in total. The summed E-state index contributed by atoms with van der Waals surface area (Å²) in [7, 11) is 0. The molecule has 1 fully saturated rings. The Morgan fingerprint density at radius 2 is 1.86 bits per heavy atom. The van der Waals surface area contributed by atoms with E-state index in [0.717, 1.165) is 11.1 Å². The zero-order valence-electron chi connectivity index (χ0n) is 12.4. The van der Waals surface area contributed by atoms with Crippen molar-refractivity contribution in [1.29, 1.82) is 0 Å². The van der Waals surface area contributed by atoms with Gasteiger partial charge in [0.1, 0.15) is 5.76 Å². The van der Waals surface area contributed by atoms with E-state index in [9.17, 15) is 25.2 Å². The van der Waals surface area contributed by atoms with Crippen LogP contribution in [0.3, 0.4) is 0 Å². The number of aliphatic hydroxyl groups excluding tert-OH is 4. The van der Waals surface area contributed by atoms with Crippen LogP contribution in [0.25, 0.3) is 0 Å². The van der Waals surface area contributed by atoms with Crippen LogP contribution in [-0.2, 0) is 4.79 Å². The van der Waals surface area contributed by atoms with Crippen molar-refractivity contribution in [1.82, 2.24) is 0 Å². The van der Waals surface area contributed by atoms with Gasteiger partial charge in [-0.2, -0.15) is 0 Å². The number of fused-ring (bicyclic) bond motifs is 1. The molecule has 3 rings (SSSR count). The largest absolute Gasteiger partial charge is 0.508 e. The highest BCUT2D eigenvalue weighted by Gasteiger charge is 2.43. The number of Topliss-reactive ketones (excluding diaryl/α,β-unsaturated/α-hetero) is 1. The molecule has 5 heteroatoms. The Morgan fingerprint density at radius 3 is 2.55 bits per heavy atom. The lowest BCUT2D eigenvalue weighted by Crippen LogP contribution is -2.41. The van der Waals surface area contributed by atoms with Crippen LogP contribution in [0.15, 0.2) is 46.5 Å². The first-order valence-electron chi connectivity index (χ1n) is 7.49. The van der Waals surface area contributed by atoms with Gasteiger partial charge in [-0.25, -0.2) is 0 Å². The third kappa shape index (κ3) is 2.40. The van der Waals surface area contributed by atoms with Gasteiger partial charge in [0.25, 0.3) is 0 Å². The van der Waals surface area contributed by atoms with Gasteiger partial charge < -0.3 is 20.4 Å². The van der Waals surface area contributed by atoms with Crippen molar-refractivity contribution in [2.24, 2.45) is 11.8 Å². The van der Waals surface area contributed by atoms with E-state index < -0.39 is 18.1 Å². The van der Waals surface area contributed by atoms with Crippen molar-refractivity contribution in [3.05, 3.63) is 46.5 Å². The van der Waals surface area contributed by atoms with E-state index in [4.69, 9.17) is 0 Å². The highest BCUT2D eigenvalue weighted by Crippen LogP contribution is 2.42. The van der Waals surface area contributed by atoms with Crippen LogP contribution in [0.2, 0.25) is 0 Å². The minimum absolute atomic E-state index is 0.129. The normalized spacial score (nSPS) is 35.6. The van der Waals surface area contributed by atoms with Crippen LogP contribution in [0.1, 0.15) is 26.2 Å². The number of rotatable bonds is 1. The van der Waals surface area contributed by atoms with Gasteiger partial charge in [-0.05, 0) is 43.4 Å². The number of carbonyl (C=O) groups excluding carboxylic acids is 1. The van der Waals surface area contributed by atoms with E-state index in [1.54, 1.807) is 12.2 Å². The van der Waals surface area contributed by atoms with Crippen LogP contribution in [0.5, 0.6) is 0 Å². The van der Waals surface area contributed by atoms with Crippen molar-refractivity contribution in [2.75, 3.05) is 0 Å². The van der Waals surface area contributed by atoms with Crippen molar-refractivity contribution in [3.63, 3.8) is 0 Å². The molecular weight excluding hydrogens is 284 g/mol. The summed E-state index contributed by atoms with van der Waals surface area (Å²) in [6.07, 6.45) is 4.09. The van der Waals surface area contributed by atoms with E-state index in [-0.39, 0.29) is 29.6 Å². The molecule has 22 heavy (non-hydrogen) atoms. The van der Waals surface area contributed by atoms with Crippen LogP contribution in [0, 0.1) is 11.8 Å². The van der Waals surface area contributed by atoms with Gasteiger partial charge in [0.2, 0.25) is 0 Å². The summed E-state index contributed by atoms with van der Waals surface area (Å²) in [5.41, 5.74) is 2.27. The van der Waals surface area contributed by atoms with Crippen LogP contribution in [0.4, 0.5) is 0 Å². The Morgan fingerprint density at radius 1 is 1.14 bits per heavy atom. The molecule has 4 N–H and O–H groups in total. The molecule has 4 unspecified atom stereocenters. The second kappa shape index (κ2) is 5.41. The Hall–Kier alpha value is -1.85. The van der Waals surface area contributed by atoms with Gasteiger partial charge in [-0.15, -0.1) is 0 Å². The number of carbonyl (C=O) groups is 1. The standard InChI is InChI=1S/C17H20O5/c1-8-4-10(18)6-12-11(8)7-15(21)16(17(12)22)9-2-3-13(19)14(20)5-9/h2-3,6,9-10,15-16,18-21H,4-5,7H2,1H3. The molecule has 0 aromatic rings. The molecule has 1 saturated carbocycles. The summed E-state index contributed by atoms with van der Waals surface area (Å²) >= 11 is 0. The minimum atomic E-state index is -0.826. The summed E-state index contributed by atoms with van der Waals surface area (Å²) in [6.45, 7) is 1.87. The minimum Gasteiger partial charge on any atom is -0.508 e. The molecule has 3 aliphatic rings. The fraction of sp³-hybridized carbons (Fsp3) is 0.471. The van der Waals surface area contributed by atoms with Gasteiger partial charge >= 0.3 is 0 Å². The molecule has 0 aromatic heterocycles. The number of hydrogen-bond acceptors (Lipinski definition) is 5. The van der Waals surface area contributed by atoms with E-state index in [1.807, 2.05) is 6.92 Å². The predicted octanol–water partition coefficient (Wildman–Crippen LogP) is 1.85. The Labute approximate surface area is 128 Å².